The Morgan fingerprint density at radius 1 is 1.37 bits per heavy atom. The van der Waals surface area contributed by atoms with Crippen molar-refractivity contribution in [3.63, 3.8) is 0 Å². The van der Waals surface area contributed by atoms with Crippen molar-refractivity contribution < 1.29 is 18.7 Å². The first kappa shape index (κ1) is 14.0. The molecular formula is C14H18FNO3. The third-order valence-corrected chi connectivity index (χ3v) is 2.85. The van der Waals surface area contributed by atoms with Gasteiger partial charge in [0.2, 0.25) is 5.91 Å². The van der Waals surface area contributed by atoms with E-state index in [1.807, 2.05) is 0 Å². The second kappa shape index (κ2) is 7.21. The lowest BCUT2D eigenvalue weighted by atomic mass is 10.1. The number of halogens is 1. The van der Waals surface area contributed by atoms with Gasteiger partial charge in [-0.05, 0) is 24.1 Å². The lowest BCUT2D eigenvalue weighted by Crippen LogP contribution is -2.32. The fourth-order valence-electron chi connectivity index (χ4n) is 1.93. The summed E-state index contributed by atoms with van der Waals surface area (Å²) in [6.07, 6.45) is 1.52. The van der Waals surface area contributed by atoms with Crippen LogP contribution >= 0.6 is 0 Å². The van der Waals surface area contributed by atoms with Gasteiger partial charge in [-0.2, -0.15) is 0 Å². The van der Waals surface area contributed by atoms with E-state index in [1.165, 1.54) is 12.1 Å². The van der Waals surface area contributed by atoms with E-state index in [2.05, 4.69) is 5.32 Å². The Kier molecular flexibility index (Phi) is 5.30. The number of hydrogen-bond acceptors (Lipinski definition) is 3. The highest BCUT2D eigenvalue weighted by Crippen LogP contribution is 2.08. The summed E-state index contributed by atoms with van der Waals surface area (Å²) in [7, 11) is 0. The van der Waals surface area contributed by atoms with Crippen LogP contribution < -0.4 is 5.32 Å². The van der Waals surface area contributed by atoms with Crippen LogP contribution in [0.25, 0.3) is 0 Å². The predicted molar refractivity (Wildman–Crippen MR) is 68.0 cm³/mol. The van der Waals surface area contributed by atoms with Gasteiger partial charge in [-0.1, -0.05) is 12.1 Å². The lowest BCUT2D eigenvalue weighted by Gasteiger charge is -2.23. The first-order chi connectivity index (χ1) is 9.24. The van der Waals surface area contributed by atoms with Gasteiger partial charge in [-0.15, -0.1) is 0 Å². The molecule has 1 saturated heterocycles. The van der Waals surface area contributed by atoms with Gasteiger partial charge in [0.1, 0.15) is 5.82 Å². The van der Waals surface area contributed by atoms with Crippen molar-refractivity contribution in [1.29, 1.82) is 0 Å². The molecule has 0 atom stereocenters. The number of ether oxygens (including phenoxy) is 2. The number of carbonyl (C=O) groups is 1. The van der Waals surface area contributed by atoms with Crippen molar-refractivity contribution in [2.75, 3.05) is 19.8 Å². The second-order valence-corrected chi connectivity index (χ2v) is 4.47. The fourth-order valence-corrected chi connectivity index (χ4v) is 1.93. The molecule has 0 radical (unpaired) electrons. The summed E-state index contributed by atoms with van der Waals surface area (Å²) in [6, 6.07) is 6.06. The van der Waals surface area contributed by atoms with E-state index in [0.717, 1.165) is 6.42 Å². The molecule has 0 saturated carbocycles. The van der Waals surface area contributed by atoms with Gasteiger partial charge in [0.15, 0.2) is 6.29 Å². The number of hydrogen-bond donors (Lipinski definition) is 1. The summed E-state index contributed by atoms with van der Waals surface area (Å²) < 4.78 is 23.7. The molecule has 0 aromatic heterocycles. The van der Waals surface area contributed by atoms with E-state index in [4.69, 9.17) is 9.47 Å². The summed E-state index contributed by atoms with van der Waals surface area (Å²) in [6.45, 7) is 1.92. The predicted octanol–water partition coefficient (Wildman–Crippen LogP) is 1.64. The summed E-state index contributed by atoms with van der Waals surface area (Å²) in [5.41, 5.74) is 0.669. The molecule has 0 bridgehead atoms. The van der Waals surface area contributed by atoms with Crippen molar-refractivity contribution in [2.24, 2.45) is 0 Å². The molecule has 1 aliphatic heterocycles. The Morgan fingerprint density at radius 2 is 2.16 bits per heavy atom. The van der Waals surface area contributed by atoms with Crippen molar-refractivity contribution in [2.45, 2.75) is 25.6 Å². The molecule has 1 amide bonds. The number of rotatable bonds is 5. The molecule has 4 nitrogen and oxygen atoms in total. The SMILES string of the molecule is O=C(Cc1cccc(F)c1)NCCC1OCCCO1. The molecule has 1 heterocycles. The number of amides is 1. The minimum absolute atomic E-state index is 0.124. The Hall–Kier alpha value is -1.46. The highest BCUT2D eigenvalue weighted by molar-refractivity contribution is 5.78. The number of benzene rings is 1. The van der Waals surface area contributed by atoms with E-state index >= 15 is 0 Å². The van der Waals surface area contributed by atoms with Gasteiger partial charge in [0.05, 0.1) is 19.6 Å². The quantitative estimate of drug-likeness (QED) is 0.882. The first-order valence-corrected chi connectivity index (χ1v) is 6.48. The molecule has 2 rings (SSSR count). The van der Waals surface area contributed by atoms with Gasteiger partial charge in [-0.3, -0.25) is 4.79 Å². The zero-order valence-corrected chi connectivity index (χ0v) is 10.7. The van der Waals surface area contributed by atoms with E-state index in [0.29, 0.717) is 31.7 Å². The molecule has 5 heteroatoms. The highest BCUT2D eigenvalue weighted by atomic mass is 19.1. The maximum absolute atomic E-state index is 12.9. The Bertz CT molecular complexity index is 419. The average molecular weight is 267 g/mol. The molecule has 1 aliphatic rings. The topological polar surface area (TPSA) is 47.6 Å². The van der Waals surface area contributed by atoms with Crippen LogP contribution in [0.3, 0.4) is 0 Å². The normalized spacial score (nSPS) is 16.3. The highest BCUT2D eigenvalue weighted by Gasteiger charge is 2.14. The van der Waals surface area contributed by atoms with Gasteiger partial charge in [-0.25, -0.2) is 4.39 Å². The van der Waals surface area contributed by atoms with Gasteiger partial charge in [0.25, 0.3) is 0 Å². The molecule has 0 aliphatic carbocycles. The van der Waals surface area contributed by atoms with Gasteiger partial charge in [0, 0.05) is 13.0 Å². The standard InChI is InChI=1S/C14H18FNO3/c15-12-4-1-3-11(9-12)10-13(17)16-6-5-14-18-7-2-8-19-14/h1,3-4,9,14H,2,5-8,10H2,(H,16,17). The molecule has 1 fully saturated rings. The monoisotopic (exact) mass is 267 g/mol. The van der Waals surface area contributed by atoms with Crippen molar-refractivity contribution >= 4 is 5.91 Å². The summed E-state index contributed by atoms with van der Waals surface area (Å²) in [5, 5.41) is 2.78. The largest absolute Gasteiger partial charge is 0.356 e. The maximum Gasteiger partial charge on any atom is 0.224 e. The van der Waals surface area contributed by atoms with E-state index in [1.54, 1.807) is 12.1 Å². The van der Waals surface area contributed by atoms with Gasteiger partial charge >= 0.3 is 0 Å². The zero-order chi connectivity index (χ0) is 13.5. The number of nitrogens with one attached hydrogen (secondary N) is 1. The minimum Gasteiger partial charge on any atom is -0.356 e. The van der Waals surface area contributed by atoms with E-state index in [9.17, 15) is 9.18 Å². The molecule has 104 valence electrons. The molecule has 1 aromatic carbocycles. The van der Waals surface area contributed by atoms with Crippen LogP contribution in [0, 0.1) is 5.82 Å². The van der Waals surface area contributed by atoms with Crippen LogP contribution in [0.1, 0.15) is 18.4 Å². The second-order valence-electron chi connectivity index (χ2n) is 4.47. The van der Waals surface area contributed by atoms with Crippen LogP contribution in [0.5, 0.6) is 0 Å². The van der Waals surface area contributed by atoms with Crippen molar-refractivity contribution in [1.82, 2.24) is 5.32 Å². The van der Waals surface area contributed by atoms with E-state index < -0.39 is 0 Å². The minimum atomic E-state index is -0.325. The third kappa shape index (κ3) is 4.96. The fraction of sp³-hybridized carbons (Fsp3) is 0.500. The molecule has 1 aromatic rings. The first-order valence-electron chi connectivity index (χ1n) is 6.48. The van der Waals surface area contributed by atoms with Crippen LogP contribution in [0.4, 0.5) is 4.39 Å². The summed E-state index contributed by atoms with van der Waals surface area (Å²) in [4.78, 5) is 11.7. The smallest absolute Gasteiger partial charge is 0.224 e. The maximum atomic E-state index is 12.9. The van der Waals surface area contributed by atoms with Crippen molar-refractivity contribution in [3.05, 3.63) is 35.6 Å². The van der Waals surface area contributed by atoms with E-state index in [-0.39, 0.29) is 24.4 Å². The van der Waals surface area contributed by atoms with Crippen LogP contribution in [0.15, 0.2) is 24.3 Å². The Balaban J connectivity index is 1.67. The summed E-state index contributed by atoms with van der Waals surface area (Å²) in [5.74, 6) is -0.448. The zero-order valence-electron chi connectivity index (χ0n) is 10.7. The molecular weight excluding hydrogens is 249 g/mol. The number of carbonyl (C=O) groups excluding carboxylic acids is 1. The van der Waals surface area contributed by atoms with Crippen molar-refractivity contribution in [3.8, 4) is 0 Å². The lowest BCUT2D eigenvalue weighted by molar-refractivity contribution is -0.180. The van der Waals surface area contributed by atoms with Crippen LogP contribution in [0.2, 0.25) is 0 Å². The summed E-state index contributed by atoms with van der Waals surface area (Å²) >= 11 is 0. The third-order valence-electron chi connectivity index (χ3n) is 2.85. The molecule has 1 N–H and O–H groups in total. The van der Waals surface area contributed by atoms with Crippen LogP contribution in [-0.2, 0) is 20.7 Å². The molecule has 0 unspecified atom stereocenters. The van der Waals surface area contributed by atoms with Gasteiger partial charge < -0.3 is 14.8 Å². The molecule has 0 spiro atoms. The van der Waals surface area contributed by atoms with Crippen LogP contribution in [-0.4, -0.2) is 32.0 Å². The Labute approximate surface area is 111 Å². The average Bonchev–Trinajstić information content (AvgIpc) is 2.40. The Morgan fingerprint density at radius 3 is 2.89 bits per heavy atom. The molecule has 19 heavy (non-hydrogen) atoms.